The summed E-state index contributed by atoms with van der Waals surface area (Å²) in [4.78, 5) is 0. The van der Waals surface area contributed by atoms with Gasteiger partial charge in [0.05, 0.1) is 0 Å². The molecule has 0 spiro atoms. The molecule has 1 aromatic carbocycles. The fourth-order valence-electron chi connectivity index (χ4n) is 2.36. The van der Waals surface area contributed by atoms with Crippen molar-refractivity contribution in [2.24, 2.45) is 0 Å². The van der Waals surface area contributed by atoms with Crippen molar-refractivity contribution in [3.8, 4) is 0 Å². The van der Waals surface area contributed by atoms with E-state index in [0.717, 1.165) is 31.2 Å². The molecule has 99 valence electrons. The van der Waals surface area contributed by atoms with E-state index in [2.05, 4.69) is 0 Å². The largest absolute Gasteiger partial charge is 0.263 e. The van der Waals surface area contributed by atoms with E-state index in [0.29, 0.717) is 5.02 Å². The van der Waals surface area contributed by atoms with E-state index in [1.807, 2.05) is 12.1 Å². The summed E-state index contributed by atoms with van der Waals surface area (Å²) in [6, 6.07) is 7.17. The van der Waals surface area contributed by atoms with Crippen molar-refractivity contribution in [3.63, 3.8) is 0 Å². The van der Waals surface area contributed by atoms with Gasteiger partial charge in [-0.15, -0.1) is 0 Å². The highest BCUT2D eigenvalue weighted by atomic mass is 35.5. The first-order valence-corrected chi connectivity index (χ1v) is 7.55. The van der Waals surface area contributed by atoms with Crippen molar-refractivity contribution in [3.05, 3.63) is 40.8 Å². The van der Waals surface area contributed by atoms with E-state index in [-0.39, 0.29) is 0 Å². The minimum absolute atomic E-state index is 0.441. The van der Waals surface area contributed by atoms with Gasteiger partial charge < -0.3 is 0 Å². The third-order valence-electron chi connectivity index (χ3n) is 3.23. The van der Waals surface area contributed by atoms with Crippen LogP contribution in [0.15, 0.2) is 24.3 Å². The molecular weight excluding hydrogens is 272 g/mol. The molecule has 0 aromatic heterocycles. The summed E-state index contributed by atoms with van der Waals surface area (Å²) in [7, 11) is -2.85. The van der Waals surface area contributed by atoms with Crippen molar-refractivity contribution >= 4 is 22.6 Å². The third-order valence-corrected chi connectivity index (χ3v) is 3.87. The summed E-state index contributed by atoms with van der Waals surface area (Å²) >= 11 is 5.84. The molecule has 0 heterocycles. The summed E-state index contributed by atoms with van der Waals surface area (Å²) in [5.74, 6) is 1.17. The zero-order valence-electron chi connectivity index (χ0n) is 9.97. The maximum atomic E-state index is 10.9. The zero-order chi connectivity index (χ0) is 13.0. The first-order valence-electron chi connectivity index (χ1n) is 6.08. The summed E-state index contributed by atoms with van der Waals surface area (Å²) in [6.45, 7) is 0. The molecule has 1 atom stereocenters. The maximum absolute atomic E-state index is 10.9. The SMILES string of the molecule is O=[SH](=O)OC([C]1CCCCC1)c1ccc(Cl)cc1. The Hall–Kier alpha value is -0.580. The monoisotopic (exact) mass is 287 g/mol. The van der Waals surface area contributed by atoms with Gasteiger partial charge in [-0.25, -0.2) is 8.42 Å². The van der Waals surface area contributed by atoms with Crippen LogP contribution in [-0.2, 0) is 15.2 Å². The fraction of sp³-hybridized carbons (Fsp3) is 0.462. The van der Waals surface area contributed by atoms with Crippen molar-refractivity contribution in [2.45, 2.75) is 38.2 Å². The Bertz CT molecular complexity index is 442. The molecule has 0 amide bonds. The van der Waals surface area contributed by atoms with E-state index in [1.54, 1.807) is 12.1 Å². The van der Waals surface area contributed by atoms with Crippen LogP contribution in [0, 0.1) is 5.92 Å². The van der Waals surface area contributed by atoms with E-state index in [9.17, 15) is 8.42 Å². The molecule has 1 aromatic rings. The summed E-state index contributed by atoms with van der Waals surface area (Å²) < 4.78 is 26.8. The van der Waals surface area contributed by atoms with Crippen LogP contribution in [0.2, 0.25) is 5.02 Å². The van der Waals surface area contributed by atoms with E-state index >= 15 is 0 Å². The molecule has 3 nitrogen and oxygen atoms in total. The Morgan fingerprint density at radius 1 is 1.06 bits per heavy atom. The first kappa shape index (κ1) is 13.8. The molecule has 0 saturated heterocycles. The molecule has 1 aliphatic carbocycles. The molecule has 2 rings (SSSR count). The predicted octanol–water partition coefficient (Wildman–Crippen LogP) is 3.46. The highest BCUT2D eigenvalue weighted by Crippen LogP contribution is 2.38. The molecule has 0 bridgehead atoms. The molecule has 1 aliphatic rings. The number of rotatable bonds is 4. The molecule has 1 saturated carbocycles. The average molecular weight is 288 g/mol. The Morgan fingerprint density at radius 2 is 1.67 bits per heavy atom. The van der Waals surface area contributed by atoms with Gasteiger partial charge in [0.25, 0.3) is 11.0 Å². The molecule has 0 N–H and O–H groups in total. The van der Waals surface area contributed by atoms with Crippen molar-refractivity contribution in [1.82, 2.24) is 0 Å². The van der Waals surface area contributed by atoms with Crippen LogP contribution in [0.5, 0.6) is 0 Å². The molecule has 1 radical (unpaired) electrons. The van der Waals surface area contributed by atoms with E-state index < -0.39 is 17.1 Å². The lowest BCUT2D eigenvalue weighted by atomic mass is 9.83. The lowest BCUT2D eigenvalue weighted by Gasteiger charge is -2.28. The average Bonchev–Trinajstić information content (AvgIpc) is 2.38. The number of thiol groups is 1. The van der Waals surface area contributed by atoms with Crippen molar-refractivity contribution < 1.29 is 12.6 Å². The molecule has 1 fully saturated rings. The summed E-state index contributed by atoms with van der Waals surface area (Å²) in [5.41, 5.74) is 0.857. The zero-order valence-corrected chi connectivity index (χ0v) is 11.6. The Morgan fingerprint density at radius 3 is 2.22 bits per heavy atom. The quantitative estimate of drug-likeness (QED) is 0.863. The number of benzene rings is 1. The first-order chi connectivity index (χ1) is 8.66. The standard InChI is InChI=1S/C13H16ClO3S/c14-12-8-6-11(7-9-12)13(17-18(15)16)10-4-2-1-3-5-10/h6-9,13,18H,1-5H2. The van der Waals surface area contributed by atoms with Gasteiger partial charge in [-0.05, 0) is 30.5 Å². The van der Waals surface area contributed by atoms with Crippen LogP contribution in [0.1, 0.15) is 43.8 Å². The molecule has 0 aliphatic heterocycles. The second-order valence-electron chi connectivity index (χ2n) is 4.48. The van der Waals surface area contributed by atoms with Gasteiger partial charge in [0.1, 0.15) is 6.10 Å². The maximum Gasteiger partial charge on any atom is 0.257 e. The second-order valence-corrected chi connectivity index (χ2v) is 5.57. The second kappa shape index (κ2) is 6.55. The van der Waals surface area contributed by atoms with Gasteiger partial charge in [-0.3, -0.25) is 4.18 Å². The van der Waals surface area contributed by atoms with Crippen LogP contribution < -0.4 is 0 Å². The van der Waals surface area contributed by atoms with Crippen LogP contribution in [0.4, 0.5) is 0 Å². The normalized spacial score (nSPS) is 19.0. The van der Waals surface area contributed by atoms with Crippen LogP contribution >= 0.6 is 11.6 Å². The van der Waals surface area contributed by atoms with Gasteiger partial charge in [-0.1, -0.05) is 43.0 Å². The van der Waals surface area contributed by atoms with Gasteiger partial charge in [0, 0.05) is 10.9 Å². The number of hydrogen-bond donors (Lipinski definition) is 1. The van der Waals surface area contributed by atoms with E-state index in [1.165, 1.54) is 12.3 Å². The molecule has 18 heavy (non-hydrogen) atoms. The van der Waals surface area contributed by atoms with Crippen molar-refractivity contribution in [1.29, 1.82) is 0 Å². The van der Waals surface area contributed by atoms with Gasteiger partial charge in [-0.2, -0.15) is 0 Å². The highest BCUT2D eigenvalue weighted by molar-refractivity contribution is 7.67. The van der Waals surface area contributed by atoms with Gasteiger partial charge in [0.2, 0.25) is 0 Å². The van der Waals surface area contributed by atoms with Gasteiger partial charge >= 0.3 is 0 Å². The highest BCUT2D eigenvalue weighted by Gasteiger charge is 2.27. The fourth-order valence-corrected chi connectivity index (χ4v) is 2.93. The lowest BCUT2D eigenvalue weighted by Crippen LogP contribution is -2.16. The van der Waals surface area contributed by atoms with Crippen molar-refractivity contribution in [2.75, 3.05) is 0 Å². The van der Waals surface area contributed by atoms with Crippen LogP contribution in [0.25, 0.3) is 0 Å². The van der Waals surface area contributed by atoms with Crippen LogP contribution in [0.3, 0.4) is 0 Å². The van der Waals surface area contributed by atoms with Crippen LogP contribution in [-0.4, -0.2) is 8.42 Å². The number of halogens is 1. The number of hydrogen-bond acceptors (Lipinski definition) is 3. The Kier molecular flexibility index (Phi) is 5.03. The van der Waals surface area contributed by atoms with E-state index in [4.69, 9.17) is 15.8 Å². The Balaban J connectivity index is 2.20. The lowest BCUT2D eigenvalue weighted by molar-refractivity contribution is 0.212. The molecule has 5 heteroatoms. The third kappa shape index (κ3) is 3.70. The minimum Gasteiger partial charge on any atom is -0.263 e. The summed E-state index contributed by atoms with van der Waals surface area (Å²) in [6.07, 6.45) is 4.87. The molecular formula is C13H16ClO3S. The predicted molar refractivity (Wildman–Crippen MR) is 71.9 cm³/mol. The minimum atomic E-state index is -2.85. The van der Waals surface area contributed by atoms with Gasteiger partial charge in [0.15, 0.2) is 0 Å². The smallest absolute Gasteiger partial charge is 0.257 e. The topological polar surface area (TPSA) is 43.4 Å². The molecule has 1 unspecified atom stereocenters. The summed E-state index contributed by atoms with van der Waals surface area (Å²) in [5, 5.41) is 0.637. The Labute approximate surface area is 114 Å².